The van der Waals surface area contributed by atoms with Crippen molar-refractivity contribution in [2.24, 2.45) is 5.10 Å². The zero-order chi connectivity index (χ0) is 20.9. The standard InChI is InChI=1S/C22H17N3O4S/c1-27-20-12-15(9-10-18(20)29-21(26)19-8-5-11-28-19)13-23-25-14-17(24-22(25)30)16-6-3-2-4-7-16/h2-14H,1H3,(H,24,30)/b23-13-. The normalized spacial score (nSPS) is 11.0. The number of hydrogen-bond donors (Lipinski definition) is 1. The molecule has 0 amide bonds. The van der Waals surface area contributed by atoms with Crippen molar-refractivity contribution in [2.45, 2.75) is 0 Å². The van der Waals surface area contributed by atoms with Gasteiger partial charge in [-0.2, -0.15) is 5.10 Å². The Labute approximate surface area is 177 Å². The maximum atomic E-state index is 12.1. The van der Waals surface area contributed by atoms with Gasteiger partial charge in [0.2, 0.25) is 5.76 Å². The molecule has 0 saturated carbocycles. The Hall–Kier alpha value is -3.91. The van der Waals surface area contributed by atoms with Gasteiger partial charge >= 0.3 is 5.97 Å². The van der Waals surface area contributed by atoms with Crippen LogP contribution in [-0.4, -0.2) is 29.0 Å². The van der Waals surface area contributed by atoms with Crippen molar-refractivity contribution in [3.63, 3.8) is 0 Å². The lowest BCUT2D eigenvalue weighted by molar-refractivity contribution is 0.0696. The summed E-state index contributed by atoms with van der Waals surface area (Å²) in [6, 6.07) is 18.1. The number of nitrogens with zero attached hydrogens (tertiary/aromatic N) is 2. The molecule has 4 aromatic rings. The highest BCUT2D eigenvalue weighted by molar-refractivity contribution is 7.71. The molecule has 0 radical (unpaired) electrons. The highest BCUT2D eigenvalue weighted by Crippen LogP contribution is 2.28. The van der Waals surface area contributed by atoms with Crippen LogP contribution in [0.5, 0.6) is 11.5 Å². The van der Waals surface area contributed by atoms with E-state index in [-0.39, 0.29) is 11.5 Å². The number of carbonyl (C=O) groups excluding carboxylic acids is 1. The first-order chi connectivity index (χ1) is 14.6. The lowest BCUT2D eigenvalue weighted by atomic mass is 10.2. The van der Waals surface area contributed by atoms with Crippen LogP contribution < -0.4 is 9.47 Å². The van der Waals surface area contributed by atoms with E-state index in [2.05, 4.69) is 10.1 Å². The summed E-state index contributed by atoms with van der Waals surface area (Å²) in [5.41, 5.74) is 2.63. The molecule has 2 aromatic carbocycles. The van der Waals surface area contributed by atoms with E-state index in [1.54, 1.807) is 35.2 Å². The van der Waals surface area contributed by atoms with Gasteiger partial charge in [-0.1, -0.05) is 30.3 Å². The Balaban J connectivity index is 1.54. The van der Waals surface area contributed by atoms with Crippen molar-refractivity contribution in [1.29, 1.82) is 0 Å². The number of hydrogen-bond acceptors (Lipinski definition) is 6. The summed E-state index contributed by atoms with van der Waals surface area (Å²) >= 11 is 5.35. The molecule has 0 unspecified atom stereocenters. The van der Waals surface area contributed by atoms with Gasteiger partial charge in [0.15, 0.2) is 16.3 Å². The largest absolute Gasteiger partial charge is 0.493 e. The van der Waals surface area contributed by atoms with Crippen molar-refractivity contribution in [1.82, 2.24) is 9.66 Å². The summed E-state index contributed by atoms with van der Waals surface area (Å²) in [7, 11) is 1.49. The number of methoxy groups -OCH3 is 1. The summed E-state index contributed by atoms with van der Waals surface area (Å²) in [5, 5.41) is 4.41. The molecule has 1 N–H and O–H groups in total. The number of aromatic nitrogens is 2. The number of aromatic amines is 1. The number of esters is 1. The maximum Gasteiger partial charge on any atom is 0.379 e. The predicted molar refractivity (Wildman–Crippen MR) is 115 cm³/mol. The fourth-order valence-electron chi connectivity index (χ4n) is 2.76. The molecular formula is C22H17N3O4S. The molecular weight excluding hydrogens is 402 g/mol. The Morgan fingerprint density at radius 2 is 1.97 bits per heavy atom. The van der Waals surface area contributed by atoms with Gasteiger partial charge in [0.25, 0.3) is 0 Å². The number of H-pyrrole nitrogens is 1. The van der Waals surface area contributed by atoms with Crippen LogP contribution in [0.4, 0.5) is 0 Å². The Kier molecular flexibility index (Phi) is 5.58. The minimum Gasteiger partial charge on any atom is -0.493 e. The second-order valence-corrected chi connectivity index (χ2v) is 6.59. The van der Waals surface area contributed by atoms with Crippen LogP contribution in [0.2, 0.25) is 0 Å². The van der Waals surface area contributed by atoms with E-state index in [0.29, 0.717) is 10.5 Å². The van der Waals surface area contributed by atoms with E-state index in [9.17, 15) is 4.79 Å². The Morgan fingerprint density at radius 1 is 1.13 bits per heavy atom. The monoisotopic (exact) mass is 419 g/mol. The second kappa shape index (κ2) is 8.62. The van der Waals surface area contributed by atoms with Gasteiger partial charge < -0.3 is 18.9 Å². The number of rotatable bonds is 6. The number of benzene rings is 2. The fourth-order valence-corrected chi connectivity index (χ4v) is 2.97. The highest BCUT2D eigenvalue weighted by Gasteiger charge is 2.14. The fraction of sp³-hybridized carbons (Fsp3) is 0.0455. The summed E-state index contributed by atoms with van der Waals surface area (Å²) in [6.45, 7) is 0. The van der Waals surface area contributed by atoms with Crippen LogP contribution >= 0.6 is 12.2 Å². The summed E-state index contributed by atoms with van der Waals surface area (Å²) in [5.74, 6) is 0.174. The van der Waals surface area contributed by atoms with Gasteiger partial charge in [0.1, 0.15) is 0 Å². The minimum absolute atomic E-state index is 0.110. The number of nitrogens with one attached hydrogen (secondary N) is 1. The lowest BCUT2D eigenvalue weighted by Crippen LogP contribution is -2.08. The summed E-state index contributed by atoms with van der Waals surface area (Å²) in [6.07, 6.45) is 4.87. The van der Waals surface area contributed by atoms with Crippen LogP contribution in [0, 0.1) is 4.77 Å². The zero-order valence-corrected chi connectivity index (χ0v) is 16.8. The van der Waals surface area contributed by atoms with Crippen LogP contribution in [0.3, 0.4) is 0 Å². The first-order valence-corrected chi connectivity index (χ1v) is 9.40. The molecule has 0 aliphatic carbocycles. The van der Waals surface area contributed by atoms with Crippen molar-refractivity contribution in [2.75, 3.05) is 7.11 Å². The molecule has 0 aliphatic heterocycles. The second-order valence-electron chi connectivity index (χ2n) is 6.21. The van der Waals surface area contributed by atoms with Crippen LogP contribution in [-0.2, 0) is 0 Å². The van der Waals surface area contributed by atoms with Crippen molar-refractivity contribution < 1.29 is 18.7 Å². The third-order valence-electron chi connectivity index (χ3n) is 4.23. The minimum atomic E-state index is -0.605. The molecule has 7 nitrogen and oxygen atoms in total. The molecule has 30 heavy (non-hydrogen) atoms. The average Bonchev–Trinajstić information content (AvgIpc) is 3.44. The number of furan rings is 1. The van der Waals surface area contributed by atoms with Gasteiger partial charge in [-0.3, -0.25) is 0 Å². The van der Waals surface area contributed by atoms with Gasteiger partial charge in [-0.15, -0.1) is 0 Å². The van der Waals surface area contributed by atoms with Crippen molar-refractivity contribution >= 4 is 24.4 Å². The number of ether oxygens (including phenoxy) is 2. The quantitative estimate of drug-likeness (QED) is 0.208. The third kappa shape index (κ3) is 4.23. The summed E-state index contributed by atoms with van der Waals surface area (Å²) in [4.78, 5) is 15.2. The summed E-state index contributed by atoms with van der Waals surface area (Å²) < 4.78 is 17.8. The van der Waals surface area contributed by atoms with Crippen molar-refractivity contribution in [3.05, 3.63) is 89.2 Å². The molecule has 0 aliphatic rings. The predicted octanol–water partition coefficient (Wildman–Crippen LogP) is 4.92. The van der Waals surface area contributed by atoms with E-state index >= 15 is 0 Å². The lowest BCUT2D eigenvalue weighted by Gasteiger charge is -2.08. The van der Waals surface area contributed by atoms with E-state index in [4.69, 9.17) is 26.1 Å². The van der Waals surface area contributed by atoms with Gasteiger partial charge in [0.05, 0.1) is 31.5 Å². The van der Waals surface area contributed by atoms with E-state index in [1.807, 2.05) is 36.5 Å². The maximum absolute atomic E-state index is 12.1. The Bertz CT molecular complexity index is 1240. The van der Waals surface area contributed by atoms with Gasteiger partial charge in [-0.25, -0.2) is 9.47 Å². The van der Waals surface area contributed by atoms with Crippen molar-refractivity contribution in [3.8, 4) is 22.8 Å². The average molecular weight is 419 g/mol. The molecule has 0 atom stereocenters. The zero-order valence-electron chi connectivity index (χ0n) is 15.9. The number of carbonyl (C=O) groups is 1. The Morgan fingerprint density at radius 3 is 2.70 bits per heavy atom. The smallest absolute Gasteiger partial charge is 0.379 e. The van der Waals surface area contributed by atoms with Crippen LogP contribution in [0.15, 0.2) is 82.6 Å². The van der Waals surface area contributed by atoms with Gasteiger partial charge in [0, 0.05) is 0 Å². The molecule has 4 rings (SSSR count). The molecule has 8 heteroatoms. The first-order valence-electron chi connectivity index (χ1n) is 8.99. The third-order valence-corrected chi connectivity index (χ3v) is 4.52. The SMILES string of the molecule is COc1cc(/C=N\n2cc(-c3ccccc3)[nH]c2=S)ccc1OC(=O)c1ccco1. The molecule has 150 valence electrons. The van der Waals surface area contributed by atoms with E-state index in [1.165, 1.54) is 19.4 Å². The topological polar surface area (TPSA) is 81.8 Å². The van der Waals surface area contributed by atoms with E-state index in [0.717, 1.165) is 16.8 Å². The molecule has 0 bridgehead atoms. The van der Waals surface area contributed by atoms with Crippen LogP contribution in [0.1, 0.15) is 16.1 Å². The first kappa shape index (κ1) is 19.4. The molecule has 0 saturated heterocycles. The van der Waals surface area contributed by atoms with Crippen LogP contribution in [0.25, 0.3) is 11.3 Å². The van der Waals surface area contributed by atoms with Gasteiger partial charge in [-0.05, 0) is 53.7 Å². The molecule has 0 spiro atoms. The molecule has 2 aromatic heterocycles. The van der Waals surface area contributed by atoms with E-state index < -0.39 is 5.97 Å². The highest BCUT2D eigenvalue weighted by atomic mass is 32.1. The molecule has 2 heterocycles. The number of imidazole rings is 1. The molecule has 0 fully saturated rings.